The zero-order valence-corrected chi connectivity index (χ0v) is 17.4. The largest absolute Gasteiger partial charge is 0.467 e. The number of halogens is 1. The summed E-state index contributed by atoms with van der Waals surface area (Å²) in [4.78, 5) is 46.9. The van der Waals surface area contributed by atoms with Gasteiger partial charge in [0.25, 0.3) is 5.91 Å². The zero-order valence-electron chi connectivity index (χ0n) is 16.6. The minimum atomic E-state index is -0.943. The van der Waals surface area contributed by atoms with Gasteiger partial charge in [0.15, 0.2) is 11.2 Å². The molecule has 3 rings (SSSR count). The van der Waals surface area contributed by atoms with E-state index in [0.29, 0.717) is 23.6 Å². The molecular weight excluding hydrogens is 411 g/mol. The molecule has 0 spiro atoms. The lowest BCUT2D eigenvalue weighted by molar-refractivity contribution is -0.165. The lowest BCUT2D eigenvalue weighted by Gasteiger charge is -2.42. The van der Waals surface area contributed by atoms with Gasteiger partial charge in [-0.25, -0.2) is 24.2 Å². The molecule has 0 aliphatic carbocycles. The van der Waals surface area contributed by atoms with Crippen molar-refractivity contribution in [2.45, 2.75) is 30.5 Å². The minimum Gasteiger partial charge on any atom is -0.467 e. The summed E-state index contributed by atoms with van der Waals surface area (Å²) < 4.78 is 18.0. The fourth-order valence-corrected chi connectivity index (χ4v) is 3.58. The second-order valence-corrected chi connectivity index (χ2v) is 7.35. The van der Waals surface area contributed by atoms with E-state index >= 15 is 0 Å². The van der Waals surface area contributed by atoms with Gasteiger partial charge < -0.3 is 4.74 Å². The lowest BCUT2D eigenvalue weighted by Crippen LogP contribution is -2.60. The number of thioether (sulfide) groups is 1. The van der Waals surface area contributed by atoms with Gasteiger partial charge in [-0.3, -0.25) is 14.6 Å². The number of amides is 2. The molecular formula is C20H21FN4O4S. The van der Waals surface area contributed by atoms with E-state index in [4.69, 9.17) is 4.74 Å². The van der Waals surface area contributed by atoms with Crippen molar-refractivity contribution < 1.29 is 23.5 Å². The highest BCUT2D eigenvalue weighted by Crippen LogP contribution is 2.23. The van der Waals surface area contributed by atoms with Crippen molar-refractivity contribution in [1.82, 2.24) is 20.0 Å². The second-order valence-electron chi connectivity index (χ2n) is 6.58. The fraction of sp³-hybridized carbons (Fsp3) is 0.350. The molecule has 1 aliphatic rings. The Morgan fingerprint density at radius 3 is 2.63 bits per heavy atom. The Morgan fingerprint density at radius 2 is 1.97 bits per heavy atom. The van der Waals surface area contributed by atoms with E-state index in [1.165, 1.54) is 60.4 Å². The van der Waals surface area contributed by atoms with Gasteiger partial charge in [0.2, 0.25) is 5.91 Å². The van der Waals surface area contributed by atoms with E-state index < -0.39 is 23.7 Å². The predicted octanol–water partition coefficient (Wildman–Crippen LogP) is 2.10. The topological polar surface area (TPSA) is 92.7 Å². The van der Waals surface area contributed by atoms with Crippen molar-refractivity contribution in [3.05, 3.63) is 53.6 Å². The number of hydrogen-bond acceptors (Lipinski definition) is 7. The number of methoxy groups -OCH3 is 1. The molecule has 0 saturated carbocycles. The Morgan fingerprint density at radius 1 is 1.23 bits per heavy atom. The van der Waals surface area contributed by atoms with Crippen molar-refractivity contribution in [2.75, 3.05) is 19.9 Å². The molecule has 1 saturated heterocycles. The summed E-state index contributed by atoms with van der Waals surface area (Å²) in [6, 6.07) is 6.05. The monoisotopic (exact) mass is 432 g/mol. The number of hydrogen-bond donors (Lipinski definition) is 0. The van der Waals surface area contributed by atoms with Gasteiger partial charge in [0.1, 0.15) is 11.5 Å². The number of hydrazine groups is 1. The molecule has 1 aromatic heterocycles. The number of carbonyl (C=O) groups is 3. The second kappa shape index (κ2) is 9.66. The molecule has 0 unspecified atom stereocenters. The number of esters is 1. The Labute approximate surface area is 177 Å². The third-order valence-electron chi connectivity index (χ3n) is 4.68. The average Bonchev–Trinajstić information content (AvgIpc) is 2.79. The molecule has 0 radical (unpaired) electrons. The van der Waals surface area contributed by atoms with Gasteiger partial charge in [0.05, 0.1) is 13.5 Å². The first-order valence-corrected chi connectivity index (χ1v) is 10.5. The van der Waals surface area contributed by atoms with E-state index in [2.05, 4.69) is 9.97 Å². The number of benzene rings is 1. The maximum atomic E-state index is 13.3. The molecule has 1 atom stereocenters. The zero-order chi connectivity index (χ0) is 21.7. The molecule has 0 bridgehead atoms. The molecule has 10 heteroatoms. The predicted molar refractivity (Wildman–Crippen MR) is 107 cm³/mol. The first-order valence-electron chi connectivity index (χ1n) is 9.27. The fourth-order valence-electron chi connectivity index (χ4n) is 3.23. The van der Waals surface area contributed by atoms with Crippen LogP contribution in [-0.2, 0) is 20.7 Å². The van der Waals surface area contributed by atoms with E-state index in [1.807, 2.05) is 0 Å². The highest BCUT2D eigenvalue weighted by molar-refractivity contribution is 7.98. The molecule has 2 heterocycles. The van der Waals surface area contributed by atoms with Gasteiger partial charge in [-0.2, -0.15) is 0 Å². The Hall–Kier alpha value is -3.01. The van der Waals surface area contributed by atoms with Crippen LogP contribution in [0.3, 0.4) is 0 Å². The third-order valence-corrected chi connectivity index (χ3v) is 5.24. The summed E-state index contributed by atoms with van der Waals surface area (Å²) in [5.74, 6) is -1.99. The van der Waals surface area contributed by atoms with Crippen LogP contribution in [-0.4, -0.2) is 63.7 Å². The number of rotatable bonds is 5. The van der Waals surface area contributed by atoms with Crippen molar-refractivity contribution in [3.8, 4) is 0 Å². The van der Waals surface area contributed by atoms with Crippen molar-refractivity contribution >= 4 is 29.5 Å². The molecule has 158 valence electrons. The molecule has 1 aromatic carbocycles. The van der Waals surface area contributed by atoms with Crippen molar-refractivity contribution in [1.29, 1.82) is 0 Å². The van der Waals surface area contributed by atoms with Crippen molar-refractivity contribution in [3.63, 3.8) is 0 Å². The van der Waals surface area contributed by atoms with Crippen LogP contribution >= 0.6 is 11.8 Å². The van der Waals surface area contributed by atoms with Crippen molar-refractivity contribution in [2.24, 2.45) is 0 Å². The number of carbonyl (C=O) groups excluding carboxylic acids is 3. The normalized spacial score (nSPS) is 16.3. The maximum absolute atomic E-state index is 13.3. The number of aromatic nitrogens is 2. The first-order chi connectivity index (χ1) is 14.4. The molecule has 2 amide bonds. The molecule has 30 heavy (non-hydrogen) atoms. The quantitative estimate of drug-likeness (QED) is 0.406. The maximum Gasteiger partial charge on any atom is 0.330 e. The summed E-state index contributed by atoms with van der Waals surface area (Å²) >= 11 is 1.27. The van der Waals surface area contributed by atoms with Gasteiger partial charge in [0, 0.05) is 12.7 Å². The van der Waals surface area contributed by atoms with E-state index in [0.717, 1.165) is 5.01 Å². The highest BCUT2D eigenvalue weighted by Gasteiger charge is 2.41. The molecule has 1 aliphatic heterocycles. The van der Waals surface area contributed by atoms with E-state index in [9.17, 15) is 18.8 Å². The summed E-state index contributed by atoms with van der Waals surface area (Å²) in [5, 5.41) is 2.79. The van der Waals surface area contributed by atoms with Crippen LogP contribution in [0, 0.1) is 5.82 Å². The molecule has 2 aromatic rings. The first kappa shape index (κ1) is 21.7. The molecule has 0 N–H and O–H groups in total. The SMILES string of the molecule is COC(=O)[C@@H]1CCCN(C(=O)Cc2ccc(F)cc2)N1C(=O)c1ccnc(SC)n1. The van der Waals surface area contributed by atoms with Crippen LogP contribution in [0.25, 0.3) is 0 Å². The third kappa shape index (κ3) is 4.76. The summed E-state index contributed by atoms with van der Waals surface area (Å²) in [6.07, 6.45) is 4.07. The van der Waals surface area contributed by atoms with E-state index in [-0.39, 0.29) is 24.6 Å². The summed E-state index contributed by atoms with van der Waals surface area (Å²) in [5.41, 5.74) is 0.672. The molecule has 8 nitrogen and oxygen atoms in total. The Balaban J connectivity index is 1.92. The number of nitrogens with zero attached hydrogens (tertiary/aromatic N) is 4. The van der Waals surface area contributed by atoms with Crippen LogP contribution in [0.5, 0.6) is 0 Å². The van der Waals surface area contributed by atoms with Gasteiger partial charge in [-0.05, 0) is 42.9 Å². The van der Waals surface area contributed by atoms with Crippen LogP contribution in [0.2, 0.25) is 0 Å². The van der Waals surface area contributed by atoms with Crippen LogP contribution in [0.4, 0.5) is 4.39 Å². The smallest absolute Gasteiger partial charge is 0.330 e. The lowest BCUT2D eigenvalue weighted by atomic mass is 10.1. The molecule has 1 fully saturated rings. The van der Waals surface area contributed by atoms with Crippen LogP contribution < -0.4 is 0 Å². The minimum absolute atomic E-state index is 0.0439. The van der Waals surface area contributed by atoms with Crippen LogP contribution in [0.1, 0.15) is 28.9 Å². The Bertz CT molecular complexity index is 941. The van der Waals surface area contributed by atoms with Crippen LogP contribution in [0.15, 0.2) is 41.7 Å². The van der Waals surface area contributed by atoms with Gasteiger partial charge in [-0.1, -0.05) is 23.9 Å². The summed E-state index contributed by atoms with van der Waals surface area (Å²) in [7, 11) is 1.24. The summed E-state index contributed by atoms with van der Waals surface area (Å²) in [6.45, 7) is 0.264. The Kier molecular flexibility index (Phi) is 6.99. The standard InChI is InChI=1S/C20H21FN4O4S/c1-29-19(28)16-4-3-11-24(17(26)12-13-5-7-14(21)8-6-13)25(16)18(27)15-9-10-22-20(23-15)30-2/h5-10,16H,3-4,11-12H2,1-2H3/t16-/m0/s1. The van der Waals surface area contributed by atoms with Gasteiger partial charge in [-0.15, -0.1) is 0 Å². The van der Waals surface area contributed by atoms with E-state index in [1.54, 1.807) is 6.26 Å². The average molecular weight is 432 g/mol. The number of ether oxygens (including phenoxy) is 1. The van der Waals surface area contributed by atoms with Gasteiger partial charge >= 0.3 is 5.97 Å². The highest BCUT2D eigenvalue weighted by atomic mass is 32.2.